The van der Waals surface area contributed by atoms with Crippen LogP contribution in [0, 0.1) is 17.0 Å². The van der Waals surface area contributed by atoms with Gasteiger partial charge in [-0.1, -0.05) is 6.07 Å². The summed E-state index contributed by atoms with van der Waals surface area (Å²) in [5.41, 5.74) is 0.0502. The van der Waals surface area contributed by atoms with E-state index >= 15 is 0 Å². The summed E-state index contributed by atoms with van der Waals surface area (Å²) in [4.78, 5) is 20.7. The number of aliphatic carboxylic acids is 1. The van der Waals surface area contributed by atoms with Crippen LogP contribution >= 0.6 is 0 Å². The molecule has 2 aromatic carbocycles. The van der Waals surface area contributed by atoms with E-state index in [0.717, 1.165) is 6.07 Å². The van der Waals surface area contributed by atoms with Crippen molar-refractivity contribution in [1.82, 2.24) is 0 Å². The zero-order valence-electron chi connectivity index (χ0n) is 13.9. The summed E-state index contributed by atoms with van der Waals surface area (Å²) >= 11 is 0. The second-order valence-corrected chi connectivity index (χ2v) is 7.24. The lowest BCUT2D eigenvalue weighted by Gasteiger charge is -2.13. The molecule has 0 unspecified atom stereocenters. The Hall–Kier alpha value is -3.14. The van der Waals surface area contributed by atoms with Crippen molar-refractivity contribution in [2.45, 2.75) is 16.7 Å². The van der Waals surface area contributed by atoms with E-state index in [-0.39, 0.29) is 26.9 Å². The number of aryl methyl sites for hydroxylation is 1. The average Bonchev–Trinajstić information content (AvgIpc) is 2.59. The summed E-state index contributed by atoms with van der Waals surface area (Å²) in [6, 6.07) is 7.65. The van der Waals surface area contributed by atoms with E-state index in [9.17, 15) is 23.3 Å². The zero-order chi connectivity index (χ0) is 19.5. The van der Waals surface area contributed by atoms with Crippen LogP contribution in [0.3, 0.4) is 0 Å². The van der Waals surface area contributed by atoms with Gasteiger partial charge < -0.3 is 15.2 Å². The summed E-state index contributed by atoms with van der Waals surface area (Å²) in [7, 11) is -2.81. The Kier molecular flexibility index (Phi) is 5.46. The highest BCUT2D eigenvalue weighted by atomic mass is 32.2. The number of anilines is 1. The van der Waals surface area contributed by atoms with Gasteiger partial charge in [-0.2, -0.15) is 0 Å². The fraction of sp³-hybridized carbons (Fsp3) is 0.188. The minimum Gasteiger partial charge on any atom is -0.497 e. The number of nitro groups is 1. The van der Waals surface area contributed by atoms with Crippen LogP contribution in [0.1, 0.15) is 5.56 Å². The first kappa shape index (κ1) is 19.2. The normalized spacial score (nSPS) is 11.0. The molecule has 10 heteroatoms. The van der Waals surface area contributed by atoms with Crippen LogP contribution in [-0.4, -0.2) is 38.1 Å². The van der Waals surface area contributed by atoms with Gasteiger partial charge in [0.25, 0.3) is 5.69 Å². The van der Waals surface area contributed by atoms with E-state index < -0.39 is 27.3 Å². The summed E-state index contributed by atoms with van der Waals surface area (Å²) in [5, 5.41) is 22.4. The highest BCUT2D eigenvalue weighted by Crippen LogP contribution is 2.33. The molecule has 0 radical (unpaired) electrons. The Morgan fingerprint density at radius 2 is 1.96 bits per heavy atom. The van der Waals surface area contributed by atoms with Crippen LogP contribution in [0.25, 0.3) is 0 Å². The van der Waals surface area contributed by atoms with Crippen LogP contribution in [-0.2, 0) is 14.6 Å². The first-order valence-corrected chi connectivity index (χ1v) is 8.79. The number of nitrogens with one attached hydrogen (secondary N) is 1. The van der Waals surface area contributed by atoms with Gasteiger partial charge in [0.1, 0.15) is 12.3 Å². The SMILES string of the molecule is COc1ccc(NCC(=O)O)c(S(=O)(=O)c2ccc(C)c([N+](=O)[O-])c2)c1. The number of ether oxygens (including phenoxy) is 1. The van der Waals surface area contributed by atoms with Crippen LogP contribution in [0.15, 0.2) is 46.2 Å². The number of sulfone groups is 1. The van der Waals surface area contributed by atoms with E-state index in [1.807, 2.05) is 0 Å². The molecule has 2 aromatic rings. The molecule has 2 N–H and O–H groups in total. The topological polar surface area (TPSA) is 136 Å². The number of carbonyl (C=O) groups is 1. The van der Waals surface area contributed by atoms with Gasteiger partial charge in [0.15, 0.2) is 0 Å². The molecule has 0 bridgehead atoms. The number of nitro benzene ring substituents is 1. The van der Waals surface area contributed by atoms with Crippen molar-refractivity contribution < 1.29 is 28.0 Å². The van der Waals surface area contributed by atoms with Crippen LogP contribution < -0.4 is 10.1 Å². The minimum atomic E-state index is -4.16. The van der Waals surface area contributed by atoms with Gasteiger partial charge in [-0.15, -0.1) is 0 Å². The molecule has 9 nitrogen and oxygen atoms in total. The van der Waals surface area contributed by atoms with Crippen molar-refractivity contribution in [2.24, 2.45) is 0 Å². The summed E-state index contributed by atoms with van der Waals surface area (Å²) in [6.45, 7) is 1.00. The van der Waals surface area contributed by atoms with Gasteiger partial charge >= 0.3 is 5.97 Å². The number of carboxylic acid groups (broad SMARTS) is 1. The third-order valence-electron chi connectivity index (χ3n) is 3.60. The molecule has 0 aliphatic carbocycles. The maximum atomic E-state index is 13.0. The lowest BCUT2D eigenvalue weighted by molar-refractivity contribution is -0.385. The molecule has 0 saturated heterocycles. The molecule has 0 saturated carbocycles. The molecule has 138 valence electrons. The van der Waals surface area contributed by atoms with Crippen molar-refractivity contribution in [1.29, 1.82) is 0 Å². The standard InChI is InChI=1S/C16H16N2O7S/c1-10-3-5-12(8-14(10)18(21)22)26(23,24)15-7-11(25-2)4-6-13(15)17-9-16(19)20/h3-8,17H,9H2,1-2H3,(H,19,20). The highest BCUT2D eigenvalue weighted by molar-refractivity contribution is 7.91. The Labute approximate surface area is 149 Å². The Bertz CT molecular complexity index is 971. The average molecular weight is 380 g/mol. The van der Waals surface area contributed by atoms with E-state index in [1.54, 1.807) is 0 Å². The van der Waals surface area contributed by atoms with Gasteiger partial charge in [0.05, 0.1) is 27.5 Å². The van der Waals surface area contributed by atoms with Crippen molar-refractivity contribution >= 4 is 27.2 Å². The quantitative estimate of drug-likeness (QED) is 0.551. The molecule has 0 fully saturated rings. The number of carboxylic acids is 1. The summed E-state index contributed by atoms with van der Waals surface area (Å²) in [6.07, 6.45) is 0. The van der Waals surface area contributed by atoms with E-state index in [2.05, 4.69) is 5.32 Å². The summed E-state index contributed by atoms with van der Waals surface area (Å²) in [5.74, 6) is -0.929. The Morgan fingerprint density at radius 3 is 2.54 bits per heavy atom. The number of hydrogen-bond donors (Lipinski definition) is 2. The molecule has 0 aromatic heterocycles. The number of hydrogen-bond acceptors (Lipinski definition) is 7. The molecule has 0 aliphatic heterocycles. The van der Waals surface area contributed by atoms with Crippen molar-refractivity contribution in [2.75, 3.05) is 19.0 Å². The van der Waals surface area contributed by atoms with Crippen molar-refractivity contribution in [3.05, 3.63) is 52.1 Å². The monoisotopic (exact) mass is 380 g/mol. The Balaban J connectivity index is 2.62. The lowest BCUT2D eigenvalue weighted by Crippen LogP contribution is -2.15. The van der Waals surface area contributed by atoms with Gasteiger partial charge in [0.2, 0.25) is 9.84 Å². The van der Waals surface area contributed by atoms with E-state index in [0.29, 0.717) is 5.56 Å². The minimum absolute atomic E-state index is 0.0522. The lowest BCUT2D eigenvalue weighted by atomic mass is 10.2. The third-order valence-corrected chi connectivity index (χ3v) is 5.39. The molecular weight excluding hydrogens is 364 g/mol. The second kappa shape index (κ2) is 7.40. The smallest absolute Gasteiger partial charge is 0.322 e. The van der Waals surface area contributed by atoms with Gasteiger partial charge in [0, 0.05) is 17.7 Å². The molecular formula is C16H16N2O7S. The molecule has 0 atom stereocenters. The maximum absolute atomic E-state index is 13.0. The predicted molar refractivity (Wildman–Crippen MR) is 92.4 cm³/mol. The van der Waals surface area contributed by atoms with Crippen molar-refractivity contribution in [3.8, 4) is 5.75 Å². The van der Waals surface area contributed by atoms with Gasteiger partial charge in [-0.3, -0.25) is 14.9 Å². The number of rotatable bonds is 7. The molecule has 2 rings (SSSR count). The first-order valence-electron chi connectivity index (χ1n) is 7.30. The fourth-order valence-corrected chi connectivity index (χ4v) is 3.72. The third kappa shape index (κ3) is 3.91. The second-order valence-electron chi connectivity index (χ2n) is 5.32. The maximum Gasteiger partial charge on any atom is 0.322 e. The van der Waals surface area contributed by atoms with Crippen molar-refractivity contribution in [3.63, 3.8) is 0 Å². The molecule has 0 amide bonds. The van der Waals surface area contributed by atoms with E-state index in [4.69, 9.17) is 9.84 Å². The number of nitrogens with zero attached hydrogens (tertiary/aromatic N) is 1. The van der Waals surface area contributed by atoms with Gasteiger partial charge in [-0.25, -0.2) is 8.42 Å². The first-order chi connectivity index (χ1) is 12.2. The molecule has 0 aliphatic rings. The Morgan fingerprint density at radius 1 is 1.27 bits per heavy atom. The van der Waals surface area contributed by atoms with Crippen LogP contribution in [0.5, 0.6) is 5.75 Å². The van der Waals surface area contributed by atoms with Crippen LogP contribution in [0.4, 0.5) is 11.4 Å². The van der Waals surface area contributed by atoms with E-state index in [1.165, 1.54) is 44.4 Å². The molecule has 26 heavy (non-hydrogen) atoms. The van der Waals surface area contributed by atoms with Crippen LogP contribution in [0.2, 0.25) is 0 Å². The zero-order valence-corrected chi connectivity index (χ0v) is 14.7. The highest BCUT2D eigenvalue weighted by Gasteiger charge is 2.25. The fourth-order valence-electron chi connectivity index (χ4n) is 2.25. The predicted octanol–water partition coefficient (Wildman–Crippen LogP) is 2.24. The number of benzene rings is 2. The molecule has 0 spiro atoms. The summed E-state index contributed by atoms with van der Waals surface area (Å²) < 4.78 is 31.0. The number of methoxy groups -OCH3 is 1. The molecule has 0 heterocycles. The van der Waals surface area contributed by atoms with Gasteiger partial charge in [-0.05, 0) is 25.1 Å². The largest absolute Gasteiger partial charge is 0.497 e.